The summed E-state index contributed by atoms with van der Waals surface area (Å²) >= 11 is 0. The van der Waals surface area contributed by atoms with Gasteiger partial charge < -0.3 is 5.32 Å². The third-order valence-corrected chi connectivity index (χ3v) is 3.50. The standard InChI is InChI=1S/C14H13N7/c1-9-5-17-14-18-6-10(8-20(9)14)11-3-4-21-12(11)7-16-13(15-2)19-21/h3-8H,1-2H3,(H,15,19). The lowest BCUT2D eigenvalue weighted by molar-refractivity contribution is 0.909. The number of hydrogen-bond acceptors (Lipinski definition) is 5. The topological polar surface area (TPSA) is 72.4 Å². The summed E-state index contributed by atoms with van der Waals surface area (Å²) in [6.45, 7) is 2.01. The Bertz CT molecular complexity index is 950. The molecular weight excluding hydrogens is 266 g/mol. The van der Waals surface area contributed by atoms with E-state index < -0.39 is 0 Å². The molecule has 0 unspecified atom stereocenters. The van der Waals surface area contributed by atoms with E-state index in [4.69, 9.17) is 0 Å². The molecule has 4 heterocycles. The van der Waals surface area contributed by atoms with Crippen molar-refractivity contribution in [1.29, 1.82) is 0 Å². The average Bonchev–Trinajstić information content (AvgIpc) is 3.10. The smallest absolute Gasteiger partial charge is 0.240 e. The van der Waals surface area contributed by atoms with Crippen LogP contribution in [0.15, 0.2) is 37.1 Å². The van der Waals surface area contributed by atoms with Crippen molar-refractivity contribution in [3.8, 4) is 11.1 Å². The number of anilines is 1. The van der Waals surface area contributed by atoms with Gasteiger partial charge in [-0.05, 0) is 13.0 Å². The van der Waals surface area contributed by atoms with E-state index >= 15 is 0 Å². The summed E-state index contributed by atoms with van der Waals surface area (Å²) in [4.78, 5) is 12.9. The van der Waals surface area contributed by atoms with E-state index in [1.165, 1.54) is 0 Å². The third-order valence-electron chi connectivity index (χ3n) is 3.50. The van der Waals surface area contributed by atoms with E-state index in [1.54, 1.807) is 17.8 Å². The van der Waals surface area contributed by atoms with Crippen LogP contribution in [-0.2, 0) is 0 Å². The van der Waals surface area contributed by atoms with Crippen molar-refractivity contribution in [2.75, 3.05) is 12.4 Å². The highest BCUT2D eigenvalue weighted by Crippen LogP contribution is 2.25. The highest BCUT2D eigenvalue weighted by atomic mass is 15.3. The zero-order valence-electron chi connectivity index (χ0n) is 11.6. The maximum Gasteiger partial charge on any atom is 0.240 e. The van der Waals surface area contributed by atoms with Gasteiger partial charge in [-0.1, -0.05) is 0 Å². The molecule has 0 amide bonds. The summed E-state index contributed by atoms with van der Waals surface area (Å²) in [7, 11) is 1.80. The van der Waals surface area contributed by atoms with Crippen molar-refractivity contribution in [3.63, 3.8) is 0 Å². The van der Waals surface area contributed by atoms with Crippen molar-refractivity contribution in [2.45, 2.75) is 6.92 Å². The Morgan fingerprint density at radius 3 is 2.81 bits per heavy atom. The second kappa shape index (κ2) is 4.27. The molecule has 0 saturated heterocycles. The summed E-state index contributed by atoms with van der Waals surface area (Å²) < 4.78 is 3.78. The Labute approximate surface area is 120 Å². The molecule has 0 aliphatic heterocycles. The highest BCUT2D eigenvalue weighted by Gasteiger charge is 2.09. The van der Waals surface area contributed by atoms with Gasteiger partial charge >= 0.3 is 0 Å². The number of imidazole rings is 1. The van der Waals surface area contributed by atoms with E-state index in [-0.39, 0.29) is 0 Å². The van der Waals surface area contributed by atoms with Crippen LogP contribution >= 0.6 is 0 Å². The lowest BCUT2D eigenvalue weighted by Gasteiger charge is -2.03. The minimum atomic E-state index is 0.587. The molecule has 0 fully saturated rings. The number of fused-ring (bicyclic) bond motifs is 2. The molecule has 7 heteroatoms. The molecule has 1 N–H and O–H groups in total. The molecule has 4 aromatic heterocycles. The van der Waals surface area contributed by atoms with Gasteiger partial charge in [0.1, 0.15) is 0 Å². The Kier molecular flexibility index (Phi) is 2.41. The van der Waals surface area contributed by atoms with E-state index in [1.807, 2.05) is 42.2 Å². The van der Waals surface area contributed by atoms with Crippen molar-refractivity contribution >= 4 is 17.2 Å². The van der Waals surface area contributed by atoms with Gasteiger partial charge in [0, 0.05) is 42.5 Å². The quantitative estimate of drug-likeness (QED) is 0.605. The molecule has 0 spiro atoms. The van der Waals surface area contributed by atoms with Crippen LogP contribution in [0.25, 0.3) is 22.4 Å². The first-order valence-electron chi connectivity index (χ1n) is 6.58. The number of nitrogens with one attached hydrogen (secondary N) is 1. The van der Waals surface area contributed by atoms with Crippen molar-refractivity contribution in [2.24, 2.45) is 0 Å². The Balaban J connectivity index is 1.93. The van der Waals surface area contributed by atoms with Gasteiger partial charge in [0.05, 0.1) is 17.9 Å². The molecule has 0 aliphatic rings. The van der Waals surface area contributed by atoms with Crippen LogP contribution in [0, 0.1) is 6.92 Å². The van der Waals surface area contributed by atoms with Crippen LogP contribution in [0.1, 0.15) is 5.69 Å². The lowest BCUT2D eigenvalue weighted by atomic mass is 10.1. The zero-order chi connectivity index (χ0) is 14.4. The number of aromatic nitrogens is 6. The van der Waals surface area contributed by atoms with Gasteiger partial charge in [0.2, 0.25) is 11.7 Å². The molecule has 0 bridgehead atoms. The Morgan fingerprint density at radius 2 is 1.95 bits per heavy atom. The van der Waals surface area contributed by atoms with Gasteiger partial charge in [-0.2, -0.15) is 0 Å². The number of rotatable bonds is 2. The number of nitrogens with zero attached hydrogens (tertiary/aromatic N) is 6. The molecule has 0 aliphatic carbocycles. The molecular formula is C14H13N7. The summed E-state index contributed by atoms with van der Waals surface area (Å²) in [5.74, 6) is 1.29. The van der Waals surface area contributed by atoms with E-state index in [0.29, 0.717) is 11.7 Å². The van der Waals surface area contributed by atoms with Gasteiger partial charge in [-0.25, -0.2) is 19.5 Å². The SMILES string of the molecule is CNc1ncc2c(-c3cnc4ncc(C)n4c3)ccn2n1. The van der Waals surface area contributed by atoms with Crippen molar-refractivity contribution in [3.05, 3.63) is 42.7 Å². The van der Waals surface area contributed by atoms with E-state index in [0.717, 1.165) is 22.3 Å². The van der Waals surface area contributed by atoms with Crippen LogP contribution < -0.4 is 5.32 Å². The molecule has 7 nitrogen and oxygen atoms in total. The summed E-state index contributed by atoms with van der Waals surface area (Å²) in [5.41, 5.74) is 4.04. The predicted molar refractivity (Wildman–Crippen MR) is 79.3 cm³/mol. The predicted octanol–water partition coefficient (Wildman–Crippen LogP) is 1.79. The van der Waals surface area contributed by atoms with Gasteiger partial charge in [0.25, 0.3) is 0 Å². The van der Waals surface area contributed by atoms with Crippen LogP contribution in [0.2, 0.25) is 0 Å². The van der Waals surface area contributed by atoms with Gasteiger partial charge in [-0.15, -0.1) is 5.10 Å². The van der Waals surface area contributed by atoms with Crippen LogP contribution in [0.5, 0.6) is 0 Å². The normalized spacial score (nSPS) is 11.3. The first-order chi connectivity index (χ1) is 10.3. The van der Waals surface area contributed by atoms with E-state index in [9.17, 15) is 0 Å². The second-order valence-corrected chi connectivity index (χ2v) is 4.80. The maximum absolute atomic E-state index is 4.39. The molecule has 0 atom stereocenters. The fourth-order valence-electron chi connectivity index (χ4n) is 2.39. The van der Waals surface area contributed by atoms with Crippen molar-refractivity contribution < 1.29 is 0 Å². The summed E-state index contributed by atoms with van der Waals surface area (Å²) in [5, 5.41) is 7.29. The fourth-order valence-corrected chi connectivity index (χ4v) is 2.39. The molecule has 21 heavy (non-hydrogen) atoms. The monoisotopic (exact) mass is 279 g/mol. The fraction of sp³-hybridized carbons (Fsp3) is 0.143. The molecule has 0 saturated carbocycles. The number of aryl methyl sites for hydroxylation is 1. The minimum absolute atomic E-state index is 0.587. The van der Waals surface area contributed by atoms with Gasteiger partial charge in [-0.3, -0.25) is 4.40 Å². The lowest BCUT2D eigenvalue weighted by Crippen LogP contribution is -2.00. The summed E-state index contributed by atoms with van der Waals surface area (Å²) in [6.07, 6.45) is 9.39. The molecule has 4 aromatic rings. The van der Waals surface area contributed by atoms with Crippen LogP contribution in [0.3, 0.4) is 0 Å². The van der Waals surface area contributed by atoms with Crippen molar-refractivity contribution in [1.82, 2.24) is 29.0 Å². The maximum atomic E-state index is 4.39. The summed E-state index contributed by atoms with van der Waals surface area (Å²) in [6, 6.07) is 2.01. The molecule has 104 valence electrons. The second-order valence-electron chi connectivity index (χ2n) is 4.80. The van der Waals surface area contributed by atoms with Crippen LogP contribution in [-0.4, -0.2) is 36.0 Å². The molecule has 0 aromatic carbocycles. The Hall–Kier alpha value is -2.96. The van der Waals surface area contributed by atoms with E-state index in [2.05, 4.69) is 25.4 Å². The largest absolute Gasteiger partial charge is 0.356 e. The third kappa shape index (κ3) is 1.74. The highest BCUT2D eigenvalue weighted by molar-refractivity contribution is 5.79. The minimum Gasteiger partial charge on any atom is -0.356 e. The first kappa shape index (κ1) is 11.8. The Morgan fingerprint density at radius 1 is 1.10 bits per heavy atom. The van der Waals surface area contributed by atoms with Gasteiger partial charge in [0.15, 0.2) is 0 Å². The molecule has 0 radical (unpaired) electrons. The first-order valence-corrected chi connectivity index (χ1v) is 6.58. The molecule has 4 rings (SSSR count). The van der Waals surface area contributed by atoms with Crippen LogP contribution in [0.4, 0.5) is 5.95 Å². The number of hydrogen-bond donors (Lipinski definition) is 1. The zero-order valence-corrected chi connectivity index (χ0v) is 11.6. The average molecular weight is 279 g/mol.